The molecular weight excluding hydrogens is 445 g/mol. The molecule has 31 heavy (non-hydrogen) atoms. The van der Waals surface area contributed by atoms with E-state index in [-0.39, 0.29) is 38.5 Å². The van der Waals surface area contributed by atoms with Gasteiger partial charge in [-0.25, -0.2) is 14.0 Å². The molecule has 0 spiro atoms. The van der Waals surface area contributed by atoms with E-state index in [2.05, 4.69) is 4.74 Å². The molecule has 7 nitrogen and oxygen atoms in total. The summed E-state index contributed by atoms with van der Waals surface area (Å²) >= 11 is 0. The number of benzene rings is 1. The second-order valence-corrected chi connectivity index (χ2v) is 6.54. The molecule has 1 aliphatic rings. The van der Waals surface area contributed by atoms with Crippen LogP contribution in [0.5, 0.6) is 5.75 Å². The molecule has 1 aliphatic heterocycles. The second-order valence-electron chi connectivity index (χ2n) is 6.54. The number of carbonyl (C=O) groups is 2. The van der Waals surface area contributed by atoms with Crippen molar-refractivity contribution in [3.63, 3.8) is 0 Å². The van der Waals surface area contributed by atoms with Crippen LogP contribution in [-0.2, 0) is 16.1 Å². The van der Waals surface area contributed by atoms with Gasteiger partial charge in [-0.15, -0.1) is 0 Å². The SMILES string of the molecule is O=C(O)COc1cc(F)ccc1CN1CCN(C(=O)OC(C(F)(F)F)C(F)(F)F)CC1. The van der Waals surface area contributed by atoms with E-state index in [0.717, 1.165) is 12.1 Å². The summed E-state index contributed by atoms with van der Waals surface area (Å²) in [6, 6.07) is 3.45. The molecule has 1 N–H and O–H groups in total. The quantitative estimate of drug-likeness (QED) is 0.655. The van der Waals surface area contributed by atoms with Gasteiger partial charge in [0.15, 0.2) is 6.61 Å². The van der Waals surface area contributed by atoms with Crippen LogP contribution in [0.4, 0.5) is 35.5 Å². The van der Waals surface area contributed by atoms with Gasteiger partial charge < -0.3 is 19.5 Å². The molecule has 0 bridgehead atoms. The van der Waals surface area contributed by atoms with Gasteiger partial charge in [0.1, 0.15) is 11.6 Å². The molecule has 0 atom stereocenters. The van der Waals surface area contributed by atoms with E-state index in [1.165, 1.54) is 6.07 Å². The van der Waals surface area contributed by atoms with Crippen LogP contribution in [0, 0.1) is 5.82 Å². The predicted octanol–water partition coefficient (Wildman–Crippen LogP) is 3.04. The van der Waals surface area contributed by atoms with Crippen molar-refractivity contribution in [1.82, 2.24) is 9.80 Å². The van der Waals surface area contributed by atoms with Crippen LogP contribution in [0.3, 0.4) is 0 Å². The third-order valence-corrected chi connectivity index (χ3v) is 4.22. The summed E-state index contributed by atoms with van der Waals surface area (Å²) in [6.45, 7) is -0.899. The van der Waals surface area contributed by atoms with E-state index in [0.29, 0.717) is 10.5 Å². The molecular formula is C17H17F7N2O5. The number of alkyl halides is 6. The van der Waals surface area contributed by atoms with Gasteiger partial charge in [-0.1, -0.05) is 6.07 Å². The normalized spacial score (nSPS) is 15.8. The Hall–Kier alpha value is -2.77. The summed E-state index contributed by atoms with van der Waals surface area (Å²) in [5.41, 5.74) is 0.410. The van der Waals surface area contributed by atoms with E-state index >= 15 is 0 Å². The minimum Gasteiger partial charge on any atom is -0.481 e. The van der Waals surface area contributed by atoms with Gasteiger partial charge in [0.05, 0.1) is 0 Å². The molecule has 1 saturated heterocycles. The number of halogens is 7. The van der Waals surface area contributed by atoms with Crippen LogP contribution in [0.15, 0.2) is 18.2 Å². The van der Waals surface area contributed by atoms with Crippen LogP contribution in [-0.4, -0.2) is 78.2 Å². The molecule has 1 aromatic carbocycles. The Labute approximate surface area is 170 Å². The standard InChI is InChI=1S/C17H17F7N2O5/c18-11-2-1-10(12(7-11)30-9-13(27)28)8-25-3-5-26(6-4-25)15(29)31-14(16(19,20)21)17(22,23)24/h1-2,7,14H,3-6,8-9H2,(H,27,28). The number of carbonyl (C=O) groups excluding carboxylic acids is 1. The van der Waals surface area contributed by atoms with E-state index in [1.54, 1.807) is 4.90 Å². The molecule has 0 radical (unpaired) electrons. The third kappa shape index (κ3) is 7.15. The lowest BCUT2D eigenvalue weighted by Gasteiger charge is -2.35. The number of nitrogens with zero attached hydrogens (tertiary/aromatic N) is 2. The Morgan fingerprint density at radius 1 is 1.03 bits per heavy atom. The van der Waals surface area contributed by atoms with Gasteiger partial charge in [-0.2, -0.15) is 26.3 Å². The Morgan fingerprint density at radius 3 is 2.13 bits per heavy atom. The maximum atomic E-state index is 13.4. The highest BCUT2D eigenvalue weighted by Gasteiger charge is 2.60. The van der Waals surface area contributed by atoms with Crippen LogP contribution in [0.2, 0.25) is 0 Å². The monoisotopic (exact) mass is 462 g/mol. The molecule has 1 aromatic rings. The molecule has 2 rings (SSSR count). The molecule has 0 unspecified atom stereocenters. The zero-order valence-electron chi connectivity index (χ0n) is 15.7. The summed E-state index contributed by atoms with van der Waals surface area (Å²) in [4.78, 5) is 24.8. The fourth-order valence-electron chi connectivity index (χ4n) is 2.76. The van der Waals surface area contributed by atoms with E-state index in [4.69, 9.17) is 9.84 Å². The lowest BCUT2D eigenvalue weighted by atomic mass is 10.1. The number of piperazine rings is 1. The highest BCUT2D eigenvalue weighted by Crippen LogP contribution is 2.36. The number of rotatable bonds is 6. The number of ether oxygens (including phenoxy) is 2. The van der Waals surface area contributed by atoms with Crippen LogP contribution in [0.25, 0.3) is 0 Å². The molecule has 0 saturated carbocycles. The number of hydrogen-bond acceptors (Lipinski definition) is 5. The predicted molar refractivity (Wildman–Crippen MR) is 88.8 cm³/mol. The van der Waals surface area contributed by atoms with E-state index in [9.17, 15) is 40.3 Å². The average molecular weight is 462 g/mol. The van der Waals surface area contributed by atoms with Crippen molar-refractivity contribution >= 4 is 12.1 Å². The number of carboxylic acids is 1. The molecule has 174 valence electrons. The van der Waals surface area contributed by atoms with Gasteiger partial charge in [0, 0.05) is 44.4 Å². The molecule has 1 amide bonds. The van der Waals surface area contributed by atoms with Crippen molar-refractivity contribution in [3.05, 3.63) is 29.6 Å². The Kier molecular flexibility index (Phi) is 7.57. The maximum Gasteiger partial charge on any atom is 0.434 e. The van der Waals surface area contributed by atoms with Gasteiger partial charge in [0.2, 0.25) is 0 Å². The van der Waals surface area contributed by atoms with Gasteiger partial charge in [-0.3, -0.25) is 4.90 Å². The van der Waals surface area contributed by atoms with Crippen LogP contribution < -0.4 is 4.74 Å². The Bertz CT molecular complexity index is 778. The topological polar surface area (TPSA) is 79.3 Å². The van der Waals surface area contributed by atoms with E-state index < -0.39 is 42.9 Å². The second kappa shape index (κ2) is 9.58. The van der Waals surface area contributed by atoms with Crippen LogP contribution in [0.1, 0.15) is 5.56 Å². The molecule has 1 heterocycles. The summed E-state index contributed by atoms with van der Waals surface area (Å²) in [7, 11) is 0. The summed E-state index contributed by atoms with van der Waals surface area (Å²) in [6.07, 6.45) is -17.6. The fourth-order valence-corrected chi connectivity index (χ4v) is 2.76. The van der Waals surface area contributed by atoms with Crippen molar-refractivity contribution in [1.29, 1.82) is 0 Å². The smallest absolute Gasteiger partial charge is 0.434 e. The van der Waals surface area contributed by atoms with Gasteiger partial charge in [0.25, 0.3) is 6.10 Å². The molecule has 0 aliphatic carbocycles. The van der Waals surface area contributed by atoms with E-state index in [1.807, 2.05) is 0 Å². The van der Waals surface area contributed by atoms with Gasteiger partial charge >= 0.3 is 24.4 Å². The average Bonchev–Trinajstić information content (AvgIpc) is 2.64. The van der Waals surface area contributed by atoms with Crippen LogP contribution >= 0.6 is 0 Å². The highest BCUT2D eigenvalue weighted by atomic mass is 19.4. The zero-order valence-corrected chi connectivity index (χ0v) is 15.7. The first-order chi connectivity index (χ1) is 14.3. The molecule has 0 aromatic heterocycles. The zero-order chi connectivity index (χ0) is 23.4. The molecule has 14 heteroatoms. The summed E-state index contributed by atoms with van der Waals surface area (Å²) < 4.78 is 97.3. The number of amides is 1. The minimum atomic E-state index is -5.80. The summed E-state index contributed by atoms with van der Waals surface area (Å²) in [5, 5.41) is 8.68. The largest absolute Gasteiger partial charge is 0.481 e. The lowest BCUT2D eigenvalue weighted by molar-refractivity contribution is -0.308. The number of aliphatic carboxylic acids is 1. The first kappa shape index (κ1) is 24.5. The first-order valence-corrected chi connectivity index (χ1v) is 8.71. The van der Waals surface area contributed by atoms with Crippen molar-refractivity contribution in [2.75, 3.05) is 32.8 Å². The summed E-state index contributed by atoms with van der Waals surface area (Å²) in [5.74, 6) is -1.97. The fraction of sp³-hybridized carbons (Fsp3) is 0.529. The number of hydrogen-bond donors (Lipinski definition) is 1. The van der Waals surface area contributed by atoms with Crippen molar-refractivity contribution in [3.8, 4) is 5.75 Å². The van der Waals surface area contributed by atoms with Crippen molar-refractivity contribution in [2.24, 2.45) is 0 Å². The number of carboxylic acid groups (broad SMARTS) is 1. The Morgan fingerprint density at radius 2 is 1.61 bits per heavy atom. The van der Waals surface area contributed by atoms with Gasteiger partial charge in [-0.05, 0) is 6.07 Å². The molecule has 1 fully saturated rings. The maximum absolute atomic E-state index is 13.4. The first-order valence-electron chi connectivity index (χ1n) is 8.71. The van der Waals surface area contributed by atoms with Crippen molar-refractivity contribution < 1.29 is 54.9 Å². The third-order valence-electron chi connectivity index (χ3n) is 4.22. The lowest BCUT2D eigenvalue weighted by Crippen LogP contribution is -2.52. The minimum absolute atomic E-state index is 0.0255. The Balaban J connectivity index is 1.96. The van der Waals surface area contributed by atoms with Crippen molar-refractivity contribution in [2.45, 2.75) is 25.0 Å². The highest BCUT2D eigenvalue weighted by molar-refractivity contribution is 5.68.